The minimum atomic E-state index is -4.72. The van der Waals surface area contributed by atoms with Crippen molar-refractivity contribution in [1.82, 2.24) is 0 Å². The van der Waals surface area contributed by atoms with E-state index in [9.17, 15) is 17.6 Å². The number of ether oxygens (including phenoxy) is 2. The van der Waals surface area contributed by atoms with Crippen LogP contribution in [0.5, 0.6) is 11.5 Å². The molecule has 1 aromatic rings. The highest BCUT2D eigenvalue weighted by Crippen LogP contribution is 2.40. The van der Waals surface area contributed by atoms with Crippen LogP contribution >= 0.6 is 46.4 Å². The van der Waals surface area contributed by atoms with Crippen LogP contribution in [0.1, 0.15) is 0 Å². The Hall–Kier alpha value is -0.560. The molecule has 0 aliphatic rings. The Morgan fingerprint density at radius 1 is 1.19 bits per heavy atom. The van der Waals surface area contributed by atoms with Crippen LogP contribution < -0.4 is 9.47 Å². The second-order valence-electron chi connectivity index (χ2n) is 3.49. The van der Waals surface area contributed by atoms with Gasteiger partial charge >= 0.3 is 12.5 Å². The summed E-state index contributed by atoms with van der Waals surface area (Å²) >= 11 is 22.0. The Kier molecular flexibility index (Phi) is 6.71. The highest BCUT2D eigenvalue weighted by atomic mass is 35.5. The van der Waals surface area contributed by atoms with Gasteiger partial charge in [-0.15, -0.1) is 0 Å². The van der Waals surface area contributed by atoms with Crippen molar-refractivity contribution >= 4 is 46.4 Å². The Bertz CT molecular complexity index is 510. The number of alkyl halides is 4. The quantitative estimate of drug-likeness (QED) is 0.563. The van der Waals surface area contributed by atoms with Gasteiger partial charge in [0, 0.05) is 12.1 Å². The first-order chi connectivity index (χ1) is 9.63. The molecule has 0 saturated heterocycles. The van der Waals surface area contributed by atoms with Crippen molar-refractivity contribution in [3.8, 4) is 11.5 Å². The summed E-state index contributed by atoms with van der Waals surface area (Å²) in [7, 11) is 0. The molecule has 0 radical (unpaired) electrons. The first-order valence-corrected chi connectivity index (χ1v) is 6.62. The molecule has 0 N–H and O–H groups in total. The molecular weight excluding hydrogens is 382 g/mol. The van der Waals surface area contributed by atoms with Crippen molar-refractivity contribution in [2.75, 3.05) is 6.61 Å². The summed E-state index contributed by atoms with van der Waals surface area (Å²) in [6, 6.07) is 2.14. The van der Waals surface area contributed by atoms with E-state index in [1.54, 1.807) is 0 Å². The number of halogens is 8. The number of benzene rings is 1. The van der Waals surface area contributed by atoms with Crippen LogP contribution in [-0.2, 0) is 0 Å². The zero-order chi connectivity index (χ0) is 16.2. The molecule has 10 heteroatoms. The average molecular weight is 388 g/mol. The van der Waals surface area contributed by atoms with E-state index in [4.69, 9.17) is 51.1 Å². The Morgan fingerprint density at radius 2 is 1.71 bits per heavy atom. The van der Waals surface area contributed by atoms with Crippen molar-refractivity contribution in [2.24, 2.45) is 0 Å². The molecule has 0 bridgehead atoms. The molecule has 0 spiro atoms. The highest BCUT2D eigenvalue weighted by molar-refractivity contribution is 6.55. The van der Waals surface area contributed by atoms with E-state index in [2.05, 4.69) is 4.74 Å². The van der Waals surface area contributed by atoms with Crippen molar-refractivity contribution in [1.29, 1.82) is 0 Å². The van der Waals surface area contributed by atoms with E-state index in [1.165, 1.54) is 6.08 Å². The fraction of sp³-hybridized carbons (Fsp3) is 0.273. The lowest BCUT2D eigenvalue weighted by molar-refractivity contribution is -0.253. The summed E-state index contributed by atoms with van der Waals surface area (Å²) in [6.45, 7) is -0.0393. The van der Waals surface area contributed by atoms with Crippen LogP contribution in [0.25, 0.3) is 0 Å². The number of hydrogen-bond acceptors (Lipinski definition) is 2. The van der Waals surface area contributed by atoms with Crippen LogP contribution in [0.3, 0.4) is 0 Å². The average Bonchev–Trinajstić information content (AvgIpc) is 2.33. The molecule has 2 nitrogen and oxygen atoms in total. The second kappa shape index (κ2) is 7.63. The van der Waals surface area contributed by atoms with E-state index < -0.39 is 28.3 Å². The molecule has 21 heavy (non-hydrogen) atoms. The van der Waals surface area contributed by atoms with Gasteiger partial charge in [-0.25, -0.2) is 0 Å². The summed E-state index contributed by atoms with van der Waals surface area (Å²) < 4.78 is 58.7. The maximum atomic E-state index is 12.8. The van der Waals surface area contributed by atoms with E-state index >= 15 is 0 Å². The lowest BCUT2D eigenvalue weighted by Crippen LogP contribution is -2.33. The second-order valence-corrected chi connectivity index (χ2v) is 5.31. The monoisotopic (exact) mass is 386 g/mol. The third-order valence-corrected chi connectivity index (χ3v) is 2.82. The predicted molar refractivity (Wildman–Crippen MR) is 73.3 cm³/mol. The van der Waals surface area contributed by atoms with E-state index in [0.717, 1.165) is 12.1 Å². The number of hydrogen-bond donors (Lipinski definition) is 0. The minimum absolute atomic E-state index is 0.0382. The first kappa shape index (κ1) is 18.5. The zero-order valence-corrected chi connectivity index (χ0v) is 12.9. The fourth-order valence-electron chi connectivity index (χ4n) is 1.10. The van der Waals surface area contributed by atoms with Gasteiger partial charge in [0.25, 0.3) is 0 Å². The Morgan fingerprint density at radius 3 is 2.14 bits per heavy atom. The summed E-state index contributed by atoms with van der Waals surface area (Å²) in [4.78, 5) is 0. The molecule has 118 valence electrons. The maximum absolute atomic E-state index is 12.8. The van der Waals surface area contributed by atoms with Gasteiger partial charge in [-0.2, -0.15) is 17.6 Å². The van der Waals surface area contributed by atoms with Crippen LogP contribution in [0.15, 0.2) is 22.7 Å². The molecule has 1 aromatic carbocycles. The summed E-state index contributed by atoms with van der Waals surface area (Å²) in [5, 5.41) is -0.836. The van der Waals surface area contributed by atoms with Gasteiger partial charge in [-0.05, 0) is 6.08 Å². The van der Waals surface area contributed by atoms with Crippen molar-refractivity contribution in [3.05, 3.63) is 32.7 Å². The summed E-state index contributed by atoms with van der Waals surface area (Å²) in [5.41, 5.74) is 0. The third-order valence-electron chi connectivity index (χ3n) is 1.95. The highest BCUT2D eigenvalue weighted by Gasteiger charge is 2.44. The minimum Gasteiger partial charge on any atom is -0.489 e. The lowest BCUT2D eigenvalue weighted by Gasteiger charge is -2.19. The molecule has 0 aliphatic carbocycles. The molecule has 0 saturated carbocycles. The van der Waals surface area contributed by atoms with Gasteiger partial charge in [0.05, 0.1) is 10.0 Å². The molecule has 0 atom stereocenters. The third kappa shape index (κ3) is 5.62. The van der Waals surface area contributed by atoms with Crippen LogP contribution in [0, 0.1) is 0 Å². The molecule has 0 heterocycles. The number of rotatable bonds is 6. The Balaban J connectivity index is 2.93. The van der Waals surface area contributed by atoms with E-state index in [-0.39, 0.29) is 16.8 Å². The van der Waals surface area contributed by atoms with Crippen molar-refractivity contribution < 1.29 is 27.0 Å². The van der Waals surface area contributed by atoms with Gasteiger partial charge in [-0.3, -0.25) is 0 Å². The molecule has 0 aliphatic heterocycles. The molecule has 0 fully saturated rings. The topological polar surface area (TPSA) is 18.5 Å². The standard InChI is InChI=1S/C11H6Cl4F4O2/c12-6-3-5(20-2-1-8(14)15)4-7(13)9(6)21-11(18,19)10(16)17/h1,3-4,10H,2H2. The molecule has 1 rings (SSSR count). The van der Waals surface area contributed by atoms with Gasteiger partial charge < -0.3 is 9.47 Å². The lowest BCUT2D eigenvalue weighted by atomic mass is 10.3. The Labute approximate surface area is 137 Å². The van der Waals surface area contributed by atoms with Gasteiger partial charge in [0.15, 0.2) is 5.75 Å². The summed E-state index contributed by atoms with van der Waals surface area (Å²) in [5.74, 6) is -0.689. The molecule has 0 unspecified atom stereocenters. The molecular formula is C11H6Cl4F4O2. The van der Waals surface area contributed by atoms with Gasteiger partial charge in [-0.1, -0.05) is 46.4 Å². The zero-order valence-electron chi connectivity index (χ0n) is 9.86. The van der Waals surface area contributed by atoms with Crippen molar-refractivity contribution in [2.45, 2.75) is 12.5 Å². The molecule has 0 amide bonds. The summed E-state index contributed by atoms with van der Waals surface area (Å²) in [6.07, 6.45) is -7.44. The van der Waals surface area contributed by atoms with Gasteiger partial charge in [0.2, 0.25) is 0 Å². The van der Waals surface area contributed by atoms with Crippen LogP contribution in [0.2, 0.25) is 10.0 Å². The SMILES string of the molecule is FC(F)C(F)(F)Oc1c(Cl)cc(OCC=C(Cl)Cl)cc1Cl. The largest absolute Gasteiger partial charge is 0.489 e. The van der Waals surface area contributed by atoms with E-state index in [1.807, 2.05) is 0 Å². The van der Waals surface area contributed by atoms with Gasteiger partial charge in [0.1, 0.15) is 16.8 Å². The predicted octanol–water partition coefficient (Wildman–Crippen LogP) is 5.93. The van der Waals surface area contributed by atoms with E-state index in [0.29, 0.717) is 0 Å². The van der Waals surface area contributed by atoms with Crippen LogP contribution in [-0.4, -0.2) is 19.1 Å². The molecule has 0 aromatic heterocycles. The van der Waals surface area contributed by atoms with Crippen LogP contribution in [0.4, 0.5) is 17.6 Å². The normalized spacial score (nSPS) is 11.5. The smallest absolute Gasteiger partial charge is 0.461 e. The van der Waals surface area contributed by atoms with Crippen molar-refractivity contribution in [3.63, 3.8) is 0 Å². The fourth-order valence-corrected chi connectivity index (χ4v) is 1.77. The first-order valence-electron chi connectivity index (χ1n) is 5.11. The maximum Gasteiger partial charge on any atom is 0.461 e.